The van der Waals surface area contributed by atoms with Gasteiger partial charge in [-0.25, -0.2) is 8.42 Å². The lowest BCUT2D eigenvalue weighted by Gasteiger charge is -2.13. The highest BCUT2D eigenvalue weighted by molar-refractivity contribution is 7.91. The highest BCUT2D eigenvalue weighted by Gasteiger charge is 2.25. The number of para-hydroxylation sites is 1. The van der Waals surface area contributed by atoms with Crippen molar-refractivity contribution in [3.05, 3.63) is 83.9 Å². The summed E-state index contributed by atoms with van der Waals surface area (Å²) >= 11 is 0. The Hall–Kier alpha value is -4.16. The summed E-state index contributed by atoms with van der Waals surface area (Å²) in [5, 5.41) is 12.0. The van der Waals surface area contributed by atoms with Crippen LogP contribution < -0.4 is 10.1 Å². The van der Waals surface area contributed by atoms with Crippen molar-refractivity contribution in [2.75, 3.05) is 18.5 Å². The molecule has 3 rings (SSSR count). The molecule has 0 unspecified atom stereocenters. The predicted molar refractivity (Wildman–Crippen MR) is 129 cm³/mol. The van der Waals surface area contributed by atoms with Crippen molar-refractivity contribution in [2.45, 2.75) is 29.6 Å². The highest BCUT2D eigenvalue weighted by atomic mass is 32.2. The van der Waals surface area contributed by atoms with Gasteiger partial charge in [-0.1, -0.05) is 24.3 Å². The van der Waals surface area contributed by atoms with Crippen molar-refractivity contribution in [3.63, 3.8) is 0 Å². The molecule has 0 bridgehead atoms. The molecule has 0 radical (unpaired) electrons. The minimum atomic E-state index is -4.06. The van der Waals surface area contributed by atoms with Gasteiger partial charge in [-0.05, 0) is 61.9 Å². The van der Waals surface area contributed by atoms with Crippen LogP contribution in [0, 0.1) is 11.3 Å². The Kier molecular flexibility index (Phi) is 8.59. The monoisotopic (exact) mass is 492 g/mol. The van der Waals surface area contributed by atoms with E-state index in [4.69, 9.17) is 9.47 Å². The van der Waals surface area contributed by atoms with Gasteiger partial charge in [0, 0.05) is 12.0 Å². The van der Waals surface area contributed by atoms with E-state index in [2.05, 4.69) is 5.32 Å². The number of nitriles is 1. The predicted octanol–water partition coefficient (Wildman–Crippen LogP) is 4.37. The summed E-state index contributed by atoms with van der Waals surface area (Å²) in [6.45, 7) is 2.41. The lowest BCUT2D eigenvalue weighted by atomic mass is 10.2. The number of carbonyl (C=O) groups is 2. The largest absolute Gasteiger partial charge is 0.494 e. The van der Waals surface area contributed by atoms with Crippen molar-refractivity contribution in [1.82, 2.24) is 0 Å². The maximum Gasteiger partial charge on any atom is 0.305 e. The van der Waals surface area contributed by atoms with E-state index in [1.54, 1.807) is 49.4 Å². The summed E-state index contributed by atoms with van der Waals surface area (Å²) < 4.78 is 36.9. The maximum absolute atomic E-state index is 13.3. The normalized spacial score (nSPS) is 10.7. The van der Waals surface area contributed by atoms with Crippen molar-refractivity contribution < 1.29 is 27.5 Å². The first-order chi connectivity index (χ1) is 16.9. The summed E-state index contributed by atoms with van der Waals surface area (Å²) in [6.07, 6.45) is 0.761. The fourth-order valence-electron chi connectivity index (χ4n) is 3.25. The van der Waals surface area contributed by atoms with Crippen LogP contribution in [0.3, 0.4) is 0 Å². The van der Waals surface area contributed by atoms with E-state index in [0.717, 1.165) is 0 Å². The van der Waals surface area contributed by atoms with E-state index in [0.29, 0.717) is 30.9 Å². The van der Waals surface area contributed by atoms with Gasteiger partial charge in [0.05, 0.1) is 34.3 Å². The minimum absolute atomic E-state index is 0.0199. The molecule has 35 heavy (non-hydrogen) atoms. The molecule has 8 nitrogen and oxygen atoms in total. The second-order valence-corrected chi connectivity index (χ2v) is 9.23. The number of ether oxygens (including phenoxy) is 2. The van der Waals surface area contributed by atoms with Crippen molar-refractivity contribution >= 4 is 27.4 Å². The molecule has 0 heterocycles. The number of benzene rings is 3. The van der Waals surface area contributed by atoms with Gasteiger partial charge in [-0.2, -0.15) is 5.26 Å². The molecule has 3 aromatic rings. The van der Waals surface area contributed by atoms with E-state index in [1.165, 1.54) is 30.3 Å². The van der Waals surface area contributed by atoms with Gasteiger partial charge in [-0.3, -0.25) is 9.59 Å². The first kappa shape index (κ1) is 25.5. The number of nitrogens with zero attached hydrogens (tertiary/aromatic N) is 1. The molecule has 0 fully saturated rings. The zero-order valence-electron chi connectivity index (χ0n) is 19.1. The van der Waals surface area contributed by atoms with Gasteiger partial charge in [0.15, 0.2) is 0 Å². The fraction of sp³-hybridized carbons (Fsp3) is 0.192. The smallest absolute Gasteiger partial charge is 0.305 e. The number of hydrogen-bond acceptors (Lipinski definition) is 7. The molecule has 0 aromatic heterocycles. The molecule has 0 saturated carbocycles. The summed E-state index contributed by atoms with van der Waals surface area (Å²) in [5.74, 6) is -0.252. The molecule has 0 atom stereocenters. The minimum Gasteiger partial charge on any atom is -0.494 e. The van der Waals surface area contributed by atoms with Crippen LogP contribution in [0.1, 0.15) is 35.7 Å². The van der Waals surface area contributed by atoms with Gasteiger partial charge in [0.2, 0.25) is 9.84 Å². The Balaban J connectivity index is 1.70. The molecule has 0 aliphatic carbocycles. The van der Waals surface area contributed by atoms with E-state index in [9.17, 15) is 23.3 Å². The highest BCUT2D eigenvalue weighted by Crippen LogP contribution is 2.29. The quantitative estimate of drug-likeness (QED) is 0.329. The molecule has 3 aromatic carbocycles. The van der Waals surface area contributed by atoms with E-state index in [1.807, 2.05) is 6.07 Å². The van der Waals surface area contributed by atoms with Crippen LogP contribution in [0.5, 0.6) is 5.75 Å². The Morgan fingerprint density at radius 2 is 1.60 bits per heavy atom. The number of hydrogen-bond donors (Lipinski definition) is 1. The lowest BCUT2D eigenvalue weighted by Crippen LogP contribution is -2.15. The van der Waals surface area contributed by atoms with Crippen LogP contribution in [-0.2, 0) is 19.4 Å². The number of rotatable bonds is 10. The lowest BCUT2D eigenvalue weighted by molar-refractivity contribution is -0.143. The third-order valence-electron chi connectivity index (χ3n) is 4.94. The molecule has 1 amide bonds. The molecular weight excluding hydrogens is 468 g/mol. The molecule has 0 aliphatic heterocycles. The standard InChI is InChI=1S/C26H24N2O6S/c1-2-33-25(29)12-7-17-34-21-15-13-19(14-16-21)26(30)28-22-9-4-6-11-24(22)35(31,32)23-10-5-3-8-20(23)18-27/h3-6,8-11,13-16H,2,7,12,17H2,1H3,(H,28,30). The molecule has 180 valence electrons. The van der Waals surface area contributed by atoms with Crippen LogP contribution >= 0.6 is 0 Å². The third kappa shape index (κ3) is 6.46. The Morgan fingerprint density at radius 1 is 0.943 bits per heavy atom. The van der Waals surface area contributed by atoms with Gasteiger partial charge in [0.25, 0.3) is 5.91 Å². The average Bonchev–Trinajstić information content (AvgIpc) is 2.87. The molecule has 0 saturated heterocycles. The van der Waals surface area contributed by atoms with E-state index < -0.39 is 15.7 Å². The van der Waals surface area contributed by atoms with E-state index in [-0.39, 0.29) is 33.4 Å². The number of sulfone groups is 1. The van der Waals surface area contributed by atoms with Crippen molar-refractivity contribution in [2.24, 2.45) is 0 Å². The molecule has 0 spiro atoms. The number of anilines is 1. The van der Waals surface area contributed by atoms with Crippen LogP contribution in [0.2, 0.25) is 0 Å². The third-order valence-corrected chi connectivity index (χ3v) is 6.81. The maximum atomic E-state index is 13.3. The Bertz CT molecular complexity index is 1340. The molecule has 1 N–H and O–H groups in total. The Labute approximate surface area is 204 Å². The summed E-state index contributed by atoms with van der Waals surface area (Å²) in [6, 6.07) is 20.2. The second kappa shape index (κ2) is 11.8. The summed E-state index contributed by atoms with van der Waals surface area (Å²) in [7, 11) is -4.06. The van der Waals surface area contributed by atoms with Crippen LogP contribution in [0.25, 0.3) is 0 Å². The average molecular weight is 493 g/mol. The first-order valence-electron chi connectivity index (χ1n) is 10.9. The molecule has 9 heteroatoms. The van der Waals surface area contributed by atoms with Gasteiger partial charge in [0.1, 0.15) is 11.8 Å². The zero-order valence-corrected chi connectivity index (χ0v) is 19.9. The SMILES string of the molecule is CCOC(=O)CCCOc1ccc(C(=O)Nc2ccccc2S(=O)(=O)c2ccccc2C#N)cc1. The zero-order chi connectivity index (χ0) is 25.3. The Morgan fingerprint density at radius 3 is 2.29 bits per heavy atom. The van der Waals surface area contributed by atoms with Crippen LogP contribution in [0.4, 0.5) is 5.69 Å². The van der Waals surface area contributed by atoms with Crippen molar-refractivity contribution in [1.29, 1.82) is 5.26 Å². The van der Waals surface area contributed by atoms with Gasteiger partial charge in [-0.15, -0.1) is 0 Å². The van der Waals surface area contributed by atoms with Gasteiger partial charge >= 0.3 is 5.97 Å². The number of amides is 1. The number of esters is 1. The number of carbonyl (C=O) groups excluding carboxylic acids is 2. The summed E-state index contributed by atoms with van der Waals surface area (Å²) in [5.41, 5.74) is 0.421. The molecule has 0 aliphatic rings. The van der Waals surface area contributed by atoms with Gasteiger partial charge < -0.3 is 14.8 Å². The molecular formula is C26H24N2O6S. The van der Waals surface area contributed by atoms with E-state index >= 15 is 0 Å². The topological polar surface area (TPSA) is 123 Å². The summed E-state index contributed by atoms with van der Waals surface area (Å²) in [4.78, 5) is 23.9. The van der Waals surface area contributed by atoms with Crippen LogP contribution in [0.15, 0.2) is 82.6 Å². The second-order valence-electron chi connectivity index (χ2n) is 7.34. The van der Waals surface area contributed by atoms with Crippen LogP contribution in [-0.4, -0.2) is 33.5 Å². The van der Waals surface area contributed by atoms with Crippen molar-refractivity contribution in [3.8, 4) is 11.8 Å². The fourth-order valence-corrected chi connectivity index (χ4v) is 4.82. The first-order valence-corrected chi connectivity index (χ1v) is 12.4. The number of nitrogens with one attached hydrogen (secondary N) is 1.